The van der Waals surface area contributed by atoms with E-state index in [2.05, 4.69) is 35.3 Å². The molecule has 0 fully saturated rings. The minimum absolute atomic E-state index is 0.960. The maximum Gasteiger partial charge on any atom is 0.0976 e. The van der Waals surface area contributed by atoms with Crippen molar-refractivity contribution in [3.05, 3.63) is 40.4 Å². The number of aromatic nitrogens is 2. The lowest BCUT2D eigenvalue weighted by Gasteiger charge is -1.94. The molecule has 2 rings (SSSR count). The van der Waals surface area contributed by atoms with Gasteiger partial charge >= 0.3 is 0 Å². The van der Waals surface area contributed by atoms with E-state index in [0.29, 0.717) is 0 Å². The zero-order valence-corrected chi connectivity index (χ0v) is 9.77. The quantitative estimate of drug-likeness (QED) is 0.783. The van der Waals surface area contributed by atoms with E-state index in [1.165, 1.54) is 10.6 Å². The molecule has 0 atom stereocenters. The van der Waals surface area contributed by atoms with Crippen molar-refractivity contribution in [1.82, 2.24) is 9.97 Å². The Labute approximate surface area is 93.7 Å². The van der Waals surface area contributed by atoms with Crippen molar-refractivity contribution in [2.24, 2.45) is 0 Å². The Morgan fingerprint density at radius 3 is 3.13 bits per heavy atom. The third-order valence-electron chi connectivity index (χ3n) is 2.35. The summed E-state index contributed by atoms with van der Waals surface area (Å²) in [5.41, 5.74) is 3.50. The van der Waals surface area contributed by atoms with Crippen LogP contribution in [0.5, 0.6) is 0 Å². The molecule has 0 bridgehead atoms. The zero-order valence-electron chi connectivity index (χ0n) is 8.95. The van der Waals surface area contributed by atoms with Crippen LogP contribution in [0.2, 0.25) is 0 Å². The van der Waals surface area contributed by atoms with Crippen LogP contribution in [0.1, 0.15) is 18.9 Å². The van der Waals surface area contributed by atoms with E-state index in [-0.39, 0.29) is 0 Å². The number of nitrogens with zero attached hydrogens (tertiary/aromatic N) is 1. The van der Waals surface area contributed by atoms with Gasteiger partial charge in [0.2, 0.25) is 0 Å². The van der Waals surface area contributed by atoms with Crippen molar-refractivity contribution in [3.8, 4) is 11.4 Å². The van der Waals surface area contributed by atoms with Crippen LogP contribution in [0.25, 0.3) is 11.4 Å². The van der Waals surface area contributed by atoms with E-state index in [4.69, 9.17) is 0 Å². The summed E-state index contributed by atoms with van der Waals surface area (Å²) in [6, 6.07) is 4.03. The van der Waals surface area contributed by atoms with E-state index < -0.39 is 0 Å². The van der Waals surface area contributed by atoms with E-state index in [9.17, 15) is 0 Å². The van der Waals surface area contributed by atoms with Gasteiger partial charge in [-0.05, 0) is 26.0 Å². The van der Waals surface area contributed by atoms with Crippen molar-refractivity contribution in [3.63, 3.8) is 0 Å². The fourth-order valence-electron chi connectivity index (χ4n) is 1.35. The predicted molar refractivity (Wildman–Crippen MR) is 65.0 cm³/mol. The van der Waals surface area contributed by atoms with Crippen molar-refractivity contribution in [2.75, 3.05) is 0 Å². The second-order valence-electron chi connectivity index (χ2n) is 3.52. The summed E-state index contributed by atoms with van der Waals surface area (Å²) in [4.78, 5) is 7.75. The van der Waals surface area contributed by atoms with E-state index >= 15 is 0 Å². The van der Waals surface area contributed by atoms with Gasteiger partial charge in [-0.2, -0.15) is 0 Å². The Bertz CT molecular complexity index is 452. The van der Waals surface area contributed by atoms with Crippen LogP contribution in [0, 0.1) is 0 Å². The van der Waals surface area contributed by atoms with E-state index in [1.54, 1.807) is 11.3 Å². The second-order valence-corrected chi connectivity index (χ2v) is 4.46. The summed E-state index contributed by atoms with van der Waals surface area (Å²) in [6.07, 6.45) is 5.02. The summed E-state index contributed by atoms with van der Waals surface area (Å²) in [7, 11) is 0. The summed E-state index contributed by atoms with van der Waals surface area (Å²) < 4.78 is 0. The average molecular weight is 218 g/mol. The molecule has 0 aliphatic carbocycles. The van der Waals surface area contributed by atoms with Gasteiger partial charge in [-0.1, -0.05) is 11.6 Å². The molecule has 0 aliphatic heterocycles. The largest absolute Gasteiger partial charge is 0.360 e. The first kappa shape index (κ1) is 10.2. The van der Waals surface area contributed by atoms with Gasteiger partial charge in [0.05, 0.1) is 16.4 Å². The lowest BCUT2D eigenvalue weighted by Crippen LogP contribution is -1.85. The molecule has 2 aromatic rings. The highest BCUT2D eigenvalue weighted by Crippen LogP contribution is 2.21. The maximum atomic E-state index is 4.59. The van der Waals surface area contributed by atoms with Crippen molar-refractivity contribution in [2.45, 2.75) is 20.3 Å². The van der Waals surface area contributed by atoms with Crippen molar-refractivity contribution >= 4 is 11.3 Å². The first-order valence-electron chi connectivity index (χ1n) is 4.99. The summed E-state index contributed by atoms with van der Waals surface area (Å²) in [6.45, 7) is 4.20. The molecule has 3 heteroatoms. The van der Waals surface area contributed by atoms with Gasteiger partial charge < -0.3 is 4.98 Å². The van der Waals surface area contributed by atoms with Crippen LogP contribution in [-0.4, -0.2) is 9.97 Å². The lowest BCUT2D eigenvalue weighted by molar-refractivity contribution is 1.09. The number of allylic oxidation sites excluding steroid dienone is 2. The van der Waals surface area contributed by atoms with Gasteiger partial charge in [0.1, 0.15) is 0 Å². The molecule has 0 aromatic carbocycles. The Kier molecular flexibility index (Phi) is 3.02. The SMILES string of the molecule is C/C=C(\C)Cc1nc(-c2ccc[nH]2)cs1. The number of H-pyrrole nitrogens is 1. The Morgan fingerprint density at radius 2 is 2.47 bits per heavy atom. The van der Waals surface area contributed by atoms with Gasteiger partial charge in [-0.15, -0.1) is 11.3 Å². The Hall–Kier alpha value is -1.35. The third-order valence-corrected chi connectivity index (χ3v) is 3.20. The molecular weight excluding hydrogens is 204 g/mol. The van der Waals surface area contributed by atoms with E-state index in [0.717, 1.165) is 17.8 Å². The lowest BCUT2D eigenvalue weighted by atomic mass is 10.2. The molecule has 2 nitrogen and oxygen atoms in total. The molecule has 2 aromatic heterocycles. The highest BCUT2D eigenvalue weighted by molar-refractivity contribution is 7.10. The van der Waals surface area contributed by atoms with Crippen LogP contribution >= 0.6 is 11.3 Å². The molecule has 0 amide bonds. The molecule has 0 spiro atoms. The van der Waals surface area contributed by atoms with Gasteiger partial charge in [-0.25, -0.2) is 4.98 Å². The molecule has 0 unspecified atom stereocenters. The number of thiazole rings is 1. The van der Waals surface area contributed by atoms with Crippen LogP contribution in [-0.2, 0) is 6.42 Å². The predicted octanol–water partition coefficient (Wildman–Crippen LogP) is 3.65. The molecule has 2 heterocycles. The van der Waals surface area contributed by atoms with Gasteiger partial charge in [0, 0.05) is 18.0 Å². The molecule has 0 saturated heterocycles. The molecule has 0 aliphatic rings. The number of aromatic amines is 1. The topological polar surface area (TPSA) is 28.7 Å². The Balaban J connectivity index is 2.18. The second kappa shape index (κ2) is 4.45. The normalized spacial score (nSPS) is 12.0. The van der Waals surface area contributed by atoms with Gasteiger partial charge in [0.15, 0.2) is 0 Å². The summed E-state index contributed by atoms with van der Waals surface area (Å²) >= 11 is 1.72. The molecule has 1 N–H and O–H groups in total. The van der Waals surface area contributed by atoms with Crippen LogP contribution < -0.4 is 0 Å². The standard InChI is InChI=1S/C12H14N2S/c1-3-9(2)7-12-14-11(8-15-12)10-5-4-6-13-10/h3-6,8,13H,7H2,1-2H3/b9-3+. The van der Waals surface area contributed by atoms with Crippen LogP contribution in [0.3, 0.4) is 0 Å². The summed E-state index contributed by atoms with van der Waals surface area (Å²) in [5.74, 6) is 0. The average Bonchev–Trinajstić information content (AvgIpc) is 2.85. The minimum atomic E-state index is 0.960. The van der Waals surface area contributed by atoms with Crippen LogP contribution in [0.15, 0.2) is 35.4 Å². The van der Waals surface area contributed by atoms with Gasteiger partial charge in [0.25, 0.3) is 0 Å². The zero-order chi connectivity index (χ0) is 10.7. The maximum absolute atomic E-state index is 4.59. The van der Waals surface area contributed by atoms with Crippen LogP contribution in [0.4, 0.5) is 0 Å². The van der Waals surface area contributed by atoms with Gasteiger partial charge in [-0.3, -0.25) is 0 Å². The third kappa shape index (κ3) is 2.36. The first-order valence-corrected chi connectivity index (χ1v) is 5.87. The number of nitrogens with one attached hydrogen (secondary N) is 1. The molecule has 78 valence electrons. The highest BCUT2D eigenvalue weighted by atomic mass is 32.1. The highest BCUT2D eigenvalue weighted by Gasteiger charge is 2.04. The molecular formula is C12H14N2S. The number of rotatable bonds is 3. The minimum Gasteiger partial charge on any atom is -0.360 e. The smallest absolute Gasteiger partial charge is 0.0976 e. The van der Waals surface area contributed by atoms with Crippen molar-refractivity contribution in [1.29, 1.82) is 0 Å². The molecule has 0 saturated carbocycles. The fourth-order valence-corrected chi connectivity index (χ4v) is 2.24. The first-order chi connectivity index (χ1) is 7.29. The number of hydrogen-bond donors (Lipinski definition) is 1. The molecule has 15 heavy (non-hydrogen) atoms. The monoisotopic (exact) mass is 218 g/mol. The fraction of sp³-hybridized carbons (Fsp3) is 0.250. The number of hydrogen-bond acceptors (Lipinski definition) is 2. The Morgan fingerprint density at radius 1 is 1.60 bits per heavy atom. The van der Waals surface area contributed by atoms with E-state index in [1.807, 2.05) is 18.3 Å². The summed E-state index contributed by atoms with van der Waals surface area (Å²) in [5, 5.41) is 3.28. The molecule has 0 radical (unpaired) electrons. The van der Waals surface area contributed by atoms with Crippen molar-refractivity contribution < 1.29 is 0 Å².